The summed E-state index contributed by atoms with van der Waals surface area (Å²) >= 11 is 0. The van der Waals surface area contributed by atoms with E-state index in [9.17, 15) is 4.79 Å². The molecule has 1 aliphatic heterocycles. The van der Waals surface area contributed by atoms with Crippen LogP contribution in [-0.4, -0.2) is 58.8 Å². The maximum absolute atomic E-state index is 11.8. The van der Waals surface area contributed by atoms with Crippen molar-refractivity contribution in [3.8, 4) is 0 Å². The second-order valence-electron chi connectivity index (χ2n) is 6.39. The average Bonchev–Trinajstić information content (AvgIpc) is 3.02. The lowest BCUT2D eigenvalue weighted by atomic mass is 10.0. The normalized spacial score (nSPS) is 21.6. The van der Waals surface area contributed by atoms with Gasteiger partial charge in [0.15, 0.2) is 5.96 Å². The molecule has 1 atom stereocenters. The van der Waals surface area contributed by atoms with E-state index in [-0.39, 0.29) is 12.5 Å². The van der Waals surface area contributed by atoms with Crippen molar-refractivity contribution in [1.29, 1.82) is 0 Å². The molecule has 1 aromatic heterocycles. The van der Waals surface area contributed by atoms with Crippen LogP contribution in [0.2, 0.25) is 0 Å². The van der Waals surface area contributed by atoms with Gasteiger partial charge in [-0.15, -0.1) is 0 Å². The minimum atomic E-state index is 0.0194. The van der Waals surface area contributed by atoms with Crippen molar-refractivity contribution in [1.82, 2.24) is 25.3 Å². The molecule has 7 nitrogen and oxygen atoms in total. The molecule has 2 heterocycles. The zero-order valence-corrected chi connectivity index (χ0v) is 14.0. The summed E-state index contributed by atoms with van der Waals surface area (Å²) in [7, 11) is 1.94. The highest BCUT2D eigenvalue weighted by atomic mass is 16.2. The molecular formula is C16H26N6O. The van der Waals surface area contributed by atoms with Crippen LogP contribution in [0.3, 0.4) is 0 Å². The Balaban J connectivity index is 1.58. The zero-order valence-electron chi connectivity index (χ0n) is 14.0. The number of aromatic nitrogens is 2. The number of carbonyl (C=O) groups excluding carboxylic acids is 1. The van der Waals surface area contributed by atoms with Crippen LogP contribution in [0.4, 0.5) is 0 Å². The van der Waals surface area contributed by atoms with E-state index in [0.29, 0.717) is 12.0 Å². The highest BCUT2D eigenvalue weighted by molar-refractivity contribution is 5.85. The number of nitrogens with zero attached hydrogens (tertiary/aromatic N) is 4. The molecule has 23 heavy (non-hydrogen) atoms. The lowest BCUT2D eigenvalue weighted by molar-refractivity contribution is -0.119. The first kappa shape index (κ1) is 15.8. The van der Waals surface area contributed by atoms with E-state index in [2.05, 4.69) is 38.7 Å². The van der Waals surface area contributed by atoms with Crippen molar-refractivity contribution in [2.75, 3.05) is 26.2 Å². The van der Waals surface area contributed by atoms with Crippen LogP contribution in [0.15, 0.2) is 17.4 Å². The van der Waals surface area contributed by atoms with Gasteiger partial charge in [0.1, 0.15) is 6.54 Å². The standard InChI is InChI=1S/C16H26N6O/c1-3-17-16(18-9-15(23)20-14-4-5-14)22-7-6-12(11-22)13-8-19-21(2)10-13/h8,10,12,14H,3-7,9,11H2,1-2H3,(H,17,18)(H,20,23). The number of aliphatic imine (C=N–C) groups is 1. The summed E-state index contributed by atoms with van der Waals surface area (Å²) in [6, 6.07) is 0.391. The topological polar surface area (TPSA) is 74.6 Å². The van der Waals surface area contributed by atoms with Crippen LogP contribution in [0.25, 0.3) is 0 Å². The van der Waals surface area contributed by atoms with Gasteiger partial charge in [-0.05, 0) is 31.7 Å². The van der Waals surface area contributed by atoms with Crippen LogP contribution < -0.4 is 10.6 Å². The van der Waals surface area contributed by atoms with Gasteiger partial charge in [-0.2, -0.15) is 5.10 Å². The average molecular weight is 318 g/mol. The summed E-state index contributed by atoms with van der Waals surface area (Å²) < 4.78 is 1.85. The van der Waals surface area contributed by atoms with Gasteiger partial charge in [-0.3, -0.25) is 9.48 Å². The maximum atomic E-state index is 11.8. The highest BCUT2D eigenvalue weighted by Crippen LogP contribution is 2.26. The van der Waals surface area contributed by atoms with Gasteiger partial charge in [0, 0.05) is 44.8 Å². The molecular weight excluding hydrogens is 292 g/mol. The maximum Gasteiger partial charge on any atom is 0.242 e. The number of hydrogen-bond donors (Lipinski definition) is 2. The molecule has 1 aromatic rings. The van der Waals surface area contributed by atoms with E-state index in [1.54, 1.807) is 0 Å². The molecule has 0 aromatic carbocycles. The third-order valence-electron chi connectivity index (χ3n) is 4.33. The number of aryl methyl sites for hydroxylation is 1. The molecule has 1 aliphatic carbocycles. The Morgan fingerprint density at radius 1 is 1.43 bits per heavy atom. The summed E-state index contributed by atoms with van der Waals surface area (Å²) in [5.41, 5.74) is 1.28. The molecule has 2 aliphatic rings. The summed E-state index contributed by atoms with van der Waals surface area (Å²) in [5, 5.41) is 10.5. The minimum absolute atomic E-state index is 0.0194. The van der Waals surface area contributed by atoms with Gasteiger partial charge in [0.25, 0.3) is 0 Å². The molecule has 126 valence electrons. The Morgan fingerprint density at radius 3 is 2.91 bits per heavy atom. The lowest BCUT2D eigenvalue weighted by Gasteiger charge is -2.21. The minimum Gasteiger partial charge on any atom is -0.357 e. The first-order chi connectivity index (χ1) is 11.2. The molecule has 0 spiro atoms. The number of carbonyl (C=O) groups is 1. The molecule has 0 radical (unpaired) electrons. The Bertz CT molecular complexity index is 577. The van der Waals surface area contributed by atoms with Gasteiger partial charge in [0.2, 0.25) is 5.91 Å². The van der Waals surface area contributed by atoms with Gasteiger partial charge < -0.3 is 15.5 Å². The van der Waals surface area contributed by atoms with Crippen LogP contribution in [-0.2, 0) is 11.8 Å². The number of nitrogens with one attached hydrogen (secondary N) is 2. The fraction of sp³-hybridized carbons (Fsp3) is 0.688. The van der Waals surface area contributed by atoms with E-state index in [4.69, 9.17) is 0 Å². The summed E-state index contributed by atoms with van der Waals surface area (Å²) in [5.74, 6) is 1.34. The van der Waals surface area contributed by atoms with Crippen molar-refractivity contribution in [3.63, 3.8) is 0 Å². The van der Waals surface area contributed by atoms with E-state index in [1.807, 2.05) is 17.9 Å². The second-order valence-corrected chi connectivity index (χ2v) is 6.39. The number of amides is 1. The number of likely N-dealkylation sites (tertiary alicyclic amines) is 1. The van der Waals surface area contributed by atoms with Crippen molar-refractivity contribution >= 4 is 11.9 Å². The number of hydrogen-bond acceptors (Lipinski definition) is 3. The lowest BCUT2D eigenvalue weighted by Crippen LogP contribution is -2.41. The van der Waals surface area contributed by atoms with Gasteiger partial charge in [-0.25, -0.2) is 4.99 Å². The van der Waals surface area contributed by atoms with Crippen LogP contribution in [0.1, 0.15) is 37.7 Å². The summed E-state index contributed by atoms with van der Waals surface area (Å²) in [4.78, 5) is 18.6. The second kappa shape index (κ2) is 7.02. The van der Waals surface area contributed by atoms with E-state index < -0.39 is 0 Å². The van der Waals surface area contributed by atoms with Gasteiger partial charge in [-0.1, -0.05) is 0 Å². The highest BCUT2D eigenvalue weighted by Gasteiger charge is 2.27. The van der Waals surface area contributed by atoms with Crippen LogP contribution in [0, 0.1) is 0 Å². The van der Waals surface area contributed by atoms with Crippen molar-refractivity contribution in [2.45, 2.75) is 38.1 Å². The Kier molecular flexibility index (Phi) is 4.83. The predicted octanol–water partition coefficient (Wildman–Crippen LogP) is 0.454. The number of guanidine groups is 1. The fourth-order valence-corrected chi connectivity index (χ4v) is 2.95. The zero-order chi connectivity index (χ0) is 16.2. The van der Waals surface area contributed by atoms with Crippen LogP contribution >= 0.6 is 0 Å². The third-order valence-corrected chi connectivity index (χ3v) is 4.33. The monoisotopic (exact) mass is 318 g/mol. The van der Waals surface area contributed by atoms with E-state index in [0.717, 1.165) is 44.9 Å². The van der Waals surface area contributed by atoms with Crippen molar-refractivity contribution < 1.29 is 4.79 Å². The first-order valence-electron chi connectivity index (χ1n) is 8.47. The molecule has 2 fully saturated rings. The van der Waals surface area contributed by atoms with Gasteiger partial charge >= 0.3 is 0 Å². The Labute approximate surface area is 137 Å². The summed E-state index contributed by atoms with van der Waals surface area (Å²) in [6.45, 7) is 4.93. The van der Waals surface area contributed by atoms with Crippen molar-refractivity contribution in [2.24, 2.45) is 12.0 Å². The summed E-state index contributed by atoms with van der Waals surface area (Å²) in [6.07, 6.45) is 7.33. The Hall–Kier alpha value is -2.05. The molecule has 7 heteroatoms. The molecule has 2 N–H and O–H groups in total. The van der Waals surface area contributed by atoms with E-state index in [1.165, 1.54) is 5.56 Å². The fourth-order valence-electron chi connectivity index (χ4n) is 2.95. The first-order valence-corrected chi connectivity index (χ1v) is 8.47. The third kappa shape index (κ3) is 4.24. The van der Waals surface area contributed by atoms with E-state index >= 15 is 0 Å². The predicted molar refractivity (Wildman–Crippen MR) is 89.3 cm³/mol. The molecule has 3 rings (SSSR count). The molecule has 1 saturated carbocycles. The molecule has 1 unspecified atom stereocenters. The number of rotatable bonds is 5. The SMILES string of the molecule is CCNC(=NCC(=O)NC1CC1)N1CCC(c2cnn(C)c2)C1. The quantitative estimate of drug-likeness (QED) is 0.611. The van der Waals surface area contributed by atoms with Crippen LogP contribution in [0.5, 0.6) is 0 Å². The smallest absolute Gasteiger partial charge is 0.242 e. The molecule has 1 saturated heterocycles. The van der Waals surface area contributed by atoms with Gasteiger partial charge in [0.05, 0.1) is 6.20 Å². The largest absolute Gasteiger partial charge is 0.357 e. The molecule has 1 amide bonds. The molecule has 0 bridgehead atoms. The Morgan fingerprint density at radius 2 is 2.26 bits per heavy atom. The van der Waals surface area contributed by atoms with Crippen molar-refractivity contribution in [3.05, 3.63) is 18.0 Å².